The minimum atomic E-state index is -4.72. The van der Waals surface area contributed by atoms with Crippen LogP contribution < -0.4 is 14.4 Å². The van der Waals surface area contributed by atoms with E-state index >= 15 is 0 Å². The highest BCUT2D eigenvalue weighted by Gasteiger charge is 2.35. The van der Waals surface area contributed by atoms with Gasteiger partial charge in [-0.25, -0.2) is 8.42 Å². The van der Waals surface area contributed by atoms with E-state index in [-0.39, 0.29) is 18.7 Å². The number of anilines is 1. The van der Waals surface area contributed by atoms with Crippen molar-refractivity contribution < 1.29 is 35.9 Å². The van der Waals surface area contributed by atoms with Crippen molar-refractivity contribution in [3.8, 4) is 5.75 Å². The third-order valence-corrected chi connectivity index (χ3v) is 7.59. The van der Waals surface area contributed by atoms with Crippen molar-refractivity contribution in [2.75, 3.05) is 30.8 Å². The predicted molar refractivity (Wildman–Crippen MR) is 154 cm³/mol. The van der Waals surface area contributed by atoms with Crippen LogP contribution in [0.5, 0.6) is 5.75 Å². The first-order chi connectivity index (χ1) is 19.8. The number of halogens is 3. The topological polar surface area (TPSA) is 96.0 Å². The summed E-state index contributed by atoms with van der Waals surface area (Å²) in [6.07, 6.45) is -3.15. The van der Waals surface area contributed by atoms with E-state index in [1.54, 1.807) is 48.5 Å². The molecule has 1 N–H and O–H groups in total. The molecule has 0 saturated carbocycles. The van der Waals surface area contributed by atoms with E-state index in [0.717, 1.165) is 24.0 Å². The Morgan fingerprint density at radius 2 is 1.62 bits per heavy atom. The number of hydrogen-bond donors (Lipinski definition) is 1. The van der Waals surface area contributed by atoms with Gasteiger partial charge in [0.1, 0.15) is 18.3 Å². The second kappa shape index (κ2) is 14.2. The number of ether oxygens (including phenoxy) is 1. The average Bonchev–Trinajstić information content (AvgIpc) is 2.96. The standard InChI is InChI=1S/C30H34F3N3O5S/c1-4-16-34-29(38)27(18-22-10-6-5-7-11-22)35(20-23-12-8-15-26(17-23)41-2)28(37)21-36(42(3,39)40)25-14-9-13-24(19-25)30(31,32)33/h5-15,17,19,27H,4,16,18,20-21H2,1-3H3,(H,34,38)/t27-/m0/s1. The molecular weight excluding hydrogens is 571 g/mol. The molecule has 0 aromatic heterocycles. The molecule has 1 atom stereocenters. The van der Waals surface area contributed by atoms with Crippen molar-refractivity contribution in [3.05, 3.63) is 95.6 Å². The van der Waals surface area contributed by atoms with Crippen LogP contribution in [0, 0.1) is 0 Å². The molecule has 0 fully saturated rings. The molecule has 0 aliphatic heterocycles. The first-order valence-electron chi connectivity index (χ1n) is 13.2. The molecule has 0 unspecified atom stereocenters. The lowest BCUT2D eigenvalue weighted by Crippen LogP contribution is -2.53. The van der Waals surface area contributed by atoms with Crippen molar-refractivity contribution in [1.82, 2.24) is 10.2 Å². The predicted octanol–water partition coefficient (Wildman–Crippen LogP) is 4.65. The molecular formula is C30H34F3N3O5S. The molecule has 0 spiro atoms. The SMILES string of the molecule is CCCNC(=O)[C@H](Cc1ccccc1)N(Cc1cccc(OC)c1)C(=O)CN(c1cccc(C(F)(F)F)c1)S(C)(=O)=O. The normalized spacial score (nSPS) is 12.3. The first kappa shape index (κ1) is 32.5. The van der Waals surface area contributed by atoms with Gasteiger partial charge in [0, 0.05) is 19.5 Å². The van der Waals surface area contributed by atoms with Crippen LogP contribution in [0.15, 0.2) is 78.9 Å². The van der Waals surface area contributed by atoms with Gasteiger partial charge in [-0.05, 0) is 47.9 Å². The number of benzene rings is 3. The van der Waals surface area contributed by atoms with Crippen LogP contribution in [0.1, 0.15) is 30.0 Å². The molecule has 8 nitrogen and oxygen atoms in total. The number of amides is 2. The van der Waals surface area contributed by atoms with Crippen LogP contribution in [0.25, 0.3) is 0 Å². The second-order valence-corrected chi connectivity index (χ2v) is 11.6. The maximum atomic E-state index is 14.0. The Morgan fingerprint density at radius 3 is 2.24 bits per heavy atom. The van der Waals surface area contributed by atoms with Gasteiger partial charge in [-0.3, -0.25) is 13.9 Å². The van der Waals surface area contributed by atoms with Gasteiger partial charge in [-0.1, -0.05) is 55.5 Å². The molecule has 3 aromatic carbocycles. The van der Waals surface area contributed by atoms with Gasteiger partial charge in [0.2, 0.25) is 21.8 Å². The molecule has 0 saturated heterocycles. The Morgan fingerprint density at radius 1 is 0.952 bits per heavy atom. The van der Waals surface area contributed by atoms with Crippen LogP contribution in [0.4, 0.5) is 18.9 Å². The first-order valence-corrected chi connectivity index (χ1v) is 15.1. The number of alkyl halides is 3. The number of carbonyl (C=O) groups is 2. The molecule has 3 aromatic rings. The maximum absolute atomic E-state index is 14.0. The highest BCUT2D eigenvalue weighted by atomic mass is 32.2. The van der Waals surface area contributed by atoms with Crippen molar-refractivity contribution in [2.45, 2.75) is 38.5 Å². The number of nitrogens with zero attached hydrogens (tertiary/aromatic N) is 2. The van der Waals surface area contributed by atoms with E-state index in [2.05, 4.69) is 5.32 Å². The Kier molecular flexibility index (Phi) is 11.0. The van der Waals surface area contributed by atoms with Gasteiger partial charge in [0.25, 0.3) is 0 Å². The van der Waals surface area contributed by atoms with E-state index in [0.29, 0.717) is 34.7 Å². The lowest BCUT2D eigenvalue weighted by atomic mass is 10.0. The van der Waals surface area contributed by atoms with Crippen LogP contribution in [-0.4, -0.2) is 57.6 Å². The number of hydrogen-bond acceptors (Lipinski definition) is 5. The molecule has 42 heavy (non-hydrogen) atoms. The number of carbonyl (C=O) groups excluding carboxylic acids is 2. The molecule has 2 amide bonds. The molecule has 0 aliphatic carbocycles. The van der Waals surface area contributed by atoms with Crippen molar-refractivity contribution in [3.63, 3.8) is 0 Å². The zero-order valence-electron chi connectivity index (χ0n) is 23.6. The highest BCUT2D eigenvalue weighted by Crippen LogP contribution is 2.32. The Hall–Kier alpha value is -4.06. The minimum Gasteiger partial charge on any atom is -0.497 e. The van der Waals surface area contributed by atoms with Gasteiger partial charge in [0.15, 0.2) is 0 Å². The fourth-order valence-corrected chi connectivity index (χ4v) is 5.18. The second-order valence-electron chi connectivity index (χ2n) is 9.69. The summed E-state index contributed by atoms with van der Waals surface area (Å²) in [7, 11) is -2.73. The monoisotopic (exact) mass is 605 g/mol. The zero-order valence-corrected chi connectivity index (χ0v) is 24.4. The molecule has 3 rings (SSSR count). The summed E-state index contributed by atoms with van der Waals surface area (Å²) < 4.78 is 71.8. The maximum Gasteiger partial charge on any atom is 0.416 e. The van der Waals surface area contributed by atoms with E-state index < -0.39 is 46.2 Å². The summed E-state index contributed by atoms with van der Waals surface area (Å²) in [5.74, 6) is -0.702. The van der Waals surface area contributed by atoms with E-state index in [1.165, 1.54) is 18.1 Å². The summed E-state index contributed by atoms with van der Waals surface area (Å²) in [4.78, 5) is 28.8. The molecule has 12 heteroatoms. The number of nitrogens with one attached hydrogen (secondary N) is 1. The molecule has 0 heterocycles. The van der Waals surface area contributed by atoms with Gasteiger partial charge in [0.05, 0.1) is 24.6 Å². The quantitative estimate of drug-likeness (QED) is 0.306. The van der Waals surface area contributed by atoms with Crippen LogP contribution >= 0.6 is 0 Å². The Labute approximate surface area is 244 Å². The Balaban J connectivity index is 2.08. The molecule has 0 bridgehead atoms. The minimum absolute atomic E-state index is 0.0900. The van der Waals surface area contributed by atoms with Gasteiger partial charge in [-0.15, -0.1) is 0 Å². The fraction of sp³-hybridized carbons (Fsp3) is 0.333. The summed E-state index contributed by atoms with van der Waals surface area (Å²) in [6.45, 7) is 1.32. The summed E-state index contributed by atoms with van der Waals surface area (Å²) >= 11 is 0. The van der Waals surface area contributed by atoms with Crippen LogP contribution in [-0.2, 0) is 38.8 Å². The number of methoxy groups -OCH3 is 1. The summed E-state index contributed by atoms with van der Waals surface area (Å²) in [6, 6.07) is 18.6. The van der Waals surface area contributed by atoms with Gasteiger partial charge < -0.3 is 15.0 Å². The van der Waals surface area contributed by atoms with Gasteiger partial charge in [-0.2, -0.15) is 13.2 Å². The van der Waals surface area contributed by atoms with E-state index in [9.17, 15) is 31.2 Å². The van der Waals surface area contributed by atoms with E-state index in [4.69, 9.17) is 4.74 Å². The third-order valence-electron chi connectivity index (χ3n) is 6.45. The van der Waals surface area contributed by atoms with Crippen molar-refractivity contribution in [2.24, 2.45) is 0 Å². The number of rotatable bonds is 13. The average molecular weight is 606 g/mol. The van der Waals surface area contributed by atoms with E-state index in [1.807, 2.05) is 13.0 Å². The van der Waals surface area contributed by atoms with Gasteiger partial charge >= 0.3 is 6.18 Å². The summed E-state index contributed by atoms with van der Waals surface area (Å²) in [5, 5.41) is 2.82. The smallest absolute Gasteiger partial charge is 0.416 e. The third kappa shape index (κ3) is 8.97. The fourth-order valence-electron chi connectivity index (χ4n) is 4.34. The van der Waals surface area contributed by atoms with Crippen molar-refractivity contribution in [1.29, 1.82) is 0 Å². The lowest BCUT2D eigenvalue weighted by Gasteiger charge is -2.33. The molecule has 226 valence electrons. The summed E-state index contributed by atoms with van der Waals surface area (Å²) in [5.41, 5.74) is -0.0169. The molecule has 0 radical (unpaired) electrons. The largest absolute Gasteiger partial charge is 0.497 e. The number of sulfonamides is 1. The van der Waals surface area contributed by atoms with Crippen molar-refractivity contribution >= 4 is 27.5 Å². The lowest BCUT2D eigenvalue weighted by molar-refractivity contribution is -0.140. The van der Waals surface area contributed by atoms with Crippen LogP contribution in [0.3, 0.4) is 0 Å². The zero-order chi connectivity index (χ0) is 30.9. The highest BCUT2D eigenvalue weighted by molar-refractivity contribution is 7.92. The van der Waals surface area contributed by atoms with Crippen LogP contribution in [0.2, 0.25) is 0 Å². The Bertz CT molecular complexity index is 1470. The molecule has 0 aliphatic rings.